The Bertz CT molecular complexity index is 461. The summed E-state index contributed by atoms with van der Waals surface area (Å²) >= 11 is 1.50. The van der Waals surface area contributed by atoms with Gasteiger partial charge in [-0.15, -0.1) is 0 Å². The van der Waals surface area contributed by atoms with Crippen LogP contribution in [0.25, 0.3) is 0 Å². The number of rotatable bonds is 6. The molecule has 1 saturated heterocycles. The quantitative estimate of drug-likeness (QED) is 0.695. The SMILES string of the molecule is CC1CCNCC1NC(=O)CCCNC(=O)c1ccsc1. The average Bonchev–Trinajstić information content (AvgIpc) is 3.00. The van der Waals surface area contributed by atoms with Crippen molar-refractivity contribution < 1.29 is 9.59 Å². The van der Waals surface area contributed by atoms with Gasteiger partial charge in [0.05, 0.1) is 0 Å². The van der Waals surface area contributed by atoms with E-state index in [2.05, 4.69) is 22.9 Å². The van der Waals surface area contributed by atoms with Gasteiger partial charge in [0.15, 0.2) is 0 Å². The molecule has 2 unspecified atom stereocenters. The highest BCUT2D eigenvalue weighted by Crippen LogP contribution is 2.11. The Kier molecular flexibility index (Phi) is 6.20. The van der Waals surface area contributed by atoms with E-state index in [1.165, 1.54) is 11.3 Å². The Morgan fingerprint density at radius 3 is 3.05 bits per heavy atom. The first-order chi connectivity index (χ1) is 10.2. The maximum absolute atomic E-state index is 11.9. The van der Waals surface area contributed by atoms with Crippen LogP contribution in [0.2, 0.25) is 0 Å². The molecule has 5 nitrogen and oxygen atoms in total. The Balaban J connectivity index is 1.60. The summed E-state index contributed by atoms with van der Waals surface area (Å²) in [6, 6.07) is 2.02. The van der Waals surface area contributed by atoms with E-state index in [-0.39, 0.29) is 17.9 Å². The second-order valence-electron chi connectivity index (χ2n) is 5.52. The van der Waals surface area contributed by atoms with Crippen molar-refractivity contribution in [3.63, 3.8) is 0 Å². The van der Waals surface area contributed by atoms with Gasteiger partial charge in [0.25, 0.3) is 5.91 Å². The third-order valence-corrected chi connectivity index (χ3v) is 4.51. The average molecular weight is 309 g/mol. The zero-order chi connectivity index (χ0) is 15.1. The fourth-order valence-corrected chi connectivity index (χ4v) is 3.04. The molecular formula is C15H23N3O2S. The first-order valence-corrected chi connectivity index (χ1v) is 8.41. The minimum Gasteiger partial charge on any atom is -0.352 e. The van der Waals surface area contributed by atoms with Gasteiger partial charge in [0.2, 0.25) is 5.91 Å². The molecule has 2 heterocycles. The van der Waals surface area contributed by atoms with Gasteiger partial charge in [-0.2, -0.15) is 11.3 Å². The highest BCUT2D eigenvalue weighted by atomic mass is 32.1. The lowest BCUT2D eigenvalue weighted by atomic mass is 9.95. The van der Waals surface area contributed by atoms with Crippen molar-refractivity contribution in [3.8, 4) is 0 Å². The number of nitrogens with one attached hydrogen (secondary N) is 3. The first kappa shape index (κ1) is 16.0. The zero-order valence-electron chi connectivity index (χ0n) is 12.4. The minimum atomic E-state index is -0.0678. The van der Waals surface area contributed by atoms with Crippen LogP contribution >= 0.6 is 11.3 Å². The summed E-state index contributed by atoms with van der Waals surface area (Å²) in [6.45, 7) is 4.58. The van der Waals surface area contributed by atoms with Crippen molar-refractivity contribution in [1.29, 1.82) is 0 Å². The molecule has 1 fully saturated rings. The van der Waals surface area contributed by atoms with Gasteiger partial charge in [0, 0.05) is 36.5 Å². The van der Waals surface area contributed by atoms with Gasteiger partial charge in [-0.25, -0.2) is 0 Å². The topological polar surface area (TPSA) is 70.2 Å². The number of hydrogen-bond donors (Lipinski definition) is 3. The molecule has 0 bridgehead atoms. The number of amides is 2. The molecule has 1 aliphatic rings. The van der Waals surface area contributed by atoms with E-state index in [4.69, 9.17) is 0 Å². The van der Waals surface area contributed by atoms with Gasteiger partial charge in [0.1, 0.15) is 0 Å². The van der Waals surface area contributed by atoms with Crippen molar-refractivity contribution in [1.82, 2.24) is 16.0 Å². The fourth-order valence-electron chi connectivity index (χ4n) is 2.41. The molecule has 0 aliphatic carbocycles. The number of hydrogen-bond acceptors (Lipinski definition) is 4. The van der Waals surface area contributed by atoms with Crippen molar-refractivity contribution in [2.24, 2.45) is 5.92 Å². The van der Waals surface area contributed by atoms with Crippen molar-refractivity contribution in [3.05, 3.63) is 22.4 Å². The van der Waals surface area contributed by atoms with E-state index < -0.39 is 0 Å². The molecule has 1 aromatic rings. The largest absolute Gasteiger partial charge is 0.352 e. The fraction of sp³-hybridized carbons (Fsp3) is 0.600. The Morgan fingerprint density at radius 1 is 1.48 bits per heavy atom. The highest BCUT2D eigenvalue weighted by Gasteiger charge is 2.22. The minimum absolute atomic E-state index is 0.0678. The smallest absolute Gasteiger partial charge is 0.252 e. The molecule has 2 amide bonds. The number of carbonyl (C=O) groups is 2. The van der Waals surface area contributed by atoms with Crippen molar-refractivity contribution in [2.75, 3.05) is 19.6 Å². The van der Waals surface area contributed by atoms with Crippen LogP contribution in [-0.4, -0.2) is 37.5 Å². The lowest BCUT2D eigenvalue weighted by molar-refractivity contribution is -0.122. The number of piperidine rings is 1. The van der Waals surface area contributed by atoms with Crippen LogP contribution in [-0.2, 0) is 4.79 Å². The van der Waals surface area contributed by atoms with Crippen LogP contribution in [0, 0.1) is 5.92 Å². The molecule has 0 saturated carbocycles. The third kappa shape index (κ3) is 5.13. The van der Waals surface area contributed by atoms with Crippen molar-refractivity contribution in [2.45, 2.75) is 32.2 Å². The normalized spacial score (nSPS) is 21.8. The summed E-state index contributed by atoms with van der Waals surface area (Å²) in [4.78, 5) is 23.6. The summed E-state index contributed by atoms with van der Waals surface area (Å²) in [5, 5.41) is 12.9. The maximum Gasteiger partial charge on any atom is 0.252 e. The summed E-state index contributed by atoms with van der Waals surface area (Å²) in [6.07, 6.45) is 2.21. The Morgan fingerprint density at radius 2 is 2.33 bits per heavy atom. The Labute approximate surface area is 129 Å². The number of thiophene rings is 1. The predicted molar refractivity (Wildman–Crippen MR) is 84.5 cm³/mol. The molecule has 0 aromatic carbocycles. The van der Waals surface area contributed by atoms with E-state index in [0.717, 1.165) is 19.5 Å². The summed E-state index contributed by atoms with van der Waals surface area (Å²) in [5.74, 6) is 0.524. The van der Waals surface area contributed by atoms with E-state index in [9.17, 15) is 9.59 Å². The van der Waals surface area contributed by atoms with E-state index >= 15 is 0 Å². The van der Waals surface area contributed by atoms with E-state index in [1.54, 1.807) is 6.07 Å². The molecule has 1 aromatic heterocycles. The molecule has 3 N–H and O–H groups in total. The lowest BCUT2D eigenvalue weighted by Gasteiger charge is -2.30. The van der Waals surface area contributed by atoms with Gasteiger partial charge in [-0.3, -0.25) is 9.59 Å². The van der Waals surface area contributed by atoms with Crippen LogP contribution in [0.1, 0.15) is 36.5 Å². The van der Waals surface area contributed by atoms with E-state index in [1.807, 2.05) is 10.8 Å². The monoisotopic (exact) mass is 309 g/mol. The van der Waals surface area contributed by atoms with Crippen LogP contribution < -0.4 is 16.0 Å². The molecule has 1 aliphatic heterocycles. The van der Waals surface area contributed by atoms with Crippen LogP contribution in [0.4, 0.5) is 0 Å². The lowest BCUT2D eigenvalue weighted by Crippen LogP contribution is -2.50. The molecule has 116 valence electrons. The molecule has 0 radical (unpaired) electrons. The second kappa shape index (κ2) is 8.14. The standard InChI is InChI=1S/C15H23N3O2S/c1-11-4-7-16-9-13(11)18-14(19)3-2-6-17-15(20)12-5-8-21-10-12/h5,8,10-11,13,16H,2-4,6-7,9H2,1H3,(H,17,20)(H,18,19). The molecule has 21 heavy (non-hydrogen) atoms. The summed E-state index contributed by atoms with van der Waals surface area (Å²) < 4.78 is 0. The number of carbonyl (C=O) groups excluding carboxylic acids is 2. The molecular weight excluding hydrogens is 286 g/mol. The second-order valence-corrected chi connectivity index (χ2v) is 6.30. The van der Waals surface area contributed by atoms with E-state index in [0.29, 0.717) is 30.9 Å². The third-order valence-electron chi connectivity index (χ3n) is 3.82. The van der Waals surface area contributed by atoms with Gasteiger partial charge >= 0.3 is 0 Å². The van der Waals surface area contributed by atoms with Crippen molar-refractivity contribution >= 4 is 23.2 Å². The molecule has 2 rings (SSSR count). The highest BCUT2D eigenvalue weighted by molar-refractivity contribution is 7.08. The maximum atomic E-state index is 11.9. The van der Waals surface area contributed by atoms with Crippen LogP contribution in [0.15, 0.2) is 16.8 Å². The summed E-state index contributed by atoms with van der Waals surface area (Å²) in [7, 11) is 0. The molecule has 6 heteroatoms. The van der Waals surface area contributed by atoms with Gasteiger partial charge < -0.3 is 16.0 Å². The molecule has 2 atom stereocenters. The van der Waals surface area contributed by atoms with Crippen LogP contribution in [0.5, 0.6) is 0 Å². The first-order valence-electron chi connectivity index (χ1n) is 7.47. The predicted octanol–water partition coefficient (Wildman–Crippen LogP) is 1.37. The Hall–Kier alpha value is -1.40. The van der Waals surface area contributed by atoms with Crippen LogP contribution in [0.3, 0.4) is 0 Å². The molecule has 0 spiro atoms. The van der Waals surface area contributed by atoms with Gasteiger partial charge in [-0.05, 0) is 36.8 Å². The summed E-state index contributed by atoms with van der Waals surface area (Å²) in [5.41, 5.74) is 0.687. The zero-order valence-corrected chi connectivity index (χ0v) is 13.2. The van der Waals surface area contributed by atoms with Gasteiger partial charge in [-0.1, -0.05) is 6.92 Å².